The van der Waals surface area contributed by atoms with Crippen molar-refractivity contribution in [3.8, 4) is 0 Å². The second-order valence-corrected chi connectivity index (χ2v) is 6.92. The van der Waals surface area contributed by atoms with Crippen molar-refractivity contribution in [2.24, 2.45) is 11.8 Å². The summed E-state index contributed by atoms with van der Waals surface area (Å²) in [6.07, 6.45) is 20.3. The van der Waals surface area contributed by atoms with Gasteiger partial charge in [-0.15, -0.1) is 6.58 Å². The molecule has 0 heteroatoms. The van der Waals surface area contributed by atoms with Gasteiger partial charge in [0.2, 0.25) is 0 Å². The molecule has 0 aliphatic heterocycles. The molecule has 0 heterocycles. The Labute approximate surface area is 129 Å². The van der Waals surface area contributed by atoms with E-state index in [9.17, 15) is 0 Å². The lowest BCUT2D eigenvalue weighted by Gasteiger charge is -2.14. The minimum absolute atomic E-state index is 0.946. The molecule has 0 aliphatic rings. The van der Waals surface area contributed by atoms with Gasteiger partial charge in [0.25, 0.3) is 0 Å². The topological polar surface area (TPSA) is 0 Å². The summed E-state index contributed by atoms with van der Waals surface area (Å²) in [6, 6.07) is 0. The fourth-order valence-electron chi connectivity index (χ4n) is 2.97. The summed E-state index contributed by atoms with van der Waals surface area (Å²) in [6.45, 7) is 11.0. The Balaban J connectivity index is 3.27. The van der Waals surface area contributed by atoms with Crippen molar-refractivity contribution < 1.29 is 0 Å². The number of allylic oxidation sites excluding steroid dienone is 1. The highest BCUT2D eigenvalue weighted by molar-refractivity contribution is 4.65. The summed E-state index contributed by atoms with van der Waals surface area (Å²) in [5.74, 6) is 1.90. The molecule has 120 valence electrons. The van der Waals surface area contributed by atoms with E-state index in [0.717, 1.165) is 11.8 Å². The highest BCUT2D eigenvalue weighted by Crippen LogP contribution is 2.20. The molecule has 0 aromatic heterocycles. The minimum atomic E-state index is 0.946. The van der Waals surface area contributed by atoms with Crippen molar-refractivity contribution in [2.45, 2.75) is 104 Å². The zero-order chi connectivity index (χ0) is 15.1. The van der Waals surface area contributed by atoms with Gasteiger partial charge in [-0.1, -0.05) is 97.5 Å². The molecular weight excluding hydrogens is 240 g/mol. The first-order valence-electron chi connectivity index (χ1n) is 9.31. The number of unbranched alkanes of at least 4 members (excludes halogenated alkanes) is 6. The molecule has 0 nitrogen and oxygen atoms in total. The zero-order valence-corrected chi connectivity index (χ0v) is 14.6. The minimum Gasteiger partial charge on any atom is -0.103 e. The molecule has 0 amide bonds. The molecular formula is C20H40. The van der Waals surface area contributed by atoms with E-state index in [1.54, 1.807) is 0 Å². The summed E-state index contributed by atoms with van der Waals surface area (Å²) in [5, 5.41) is 0. The van der Waals surface area contributed by atoms with Crippen LogP contribution in [0.15, 0.2) is 12.7 Å². The first kappa shape index (κ1) is 19.7. The third-order valence-electron chi connectivity index (χ3n) is 4.55. The summed E-state index contributed by atoms with van der Waals surface area (Å²) >= 11 is 0. The first-order chi connectivity index (χ1) is 9.70. The van der Waals surface area contributed by atoms with E-state index in [0.29, 0.717) is 0 Å². The van der Waals surface area contributed by atoms with E-state index in [2.05, 4.69) is 27.4 Å². The third-order valence-corrected chi connectivity index (χ3v) is 4.55. The smallest absolute Gasteiger partial charge is 0.0353 e. The standard InChI is InChI=1S/C20H40/c1-5-7-9-10-11-12-13-16-20(4)18-14-17-19(3)15-8-6-2/h5,19-20H,1,6-18H2,2-4H3/t19-,20-/m1/s1. The Hall–Kier alpha value is -0.260. The van der Waals surface area contributed by atoms with Crippen molar-refractivity contribution in [3.63, 3.8) is 0 Å². The molecule has 0 saturated heterocycles. The molecule has 0 bridgehead atoms. The van der Waals surface area contributed by atoms with Gasteiger partial charge in [0.1, 0.15) is 0 Å². The van der Waals surface area contributed by atoms with E-state index in [1.165, 1.54) is 83.5 Å². The predicted octanol–water partition coefficient (Wildman–Crippen LogP) is 7.54. The predicted molar refractivity (Wildman–Crippen MR) is 94.2 cm³/mol. The van der Waals surface area contributed by atoms with Crippen LogP contribution >= 0.6 is 0 Å². The molecule has 20 heavy (non-hydrogen) atoms. The SMILES string of the molecule is C=CCCCCCCC[C@@H](C)CCC[C@H](C)CCCC. The van der Waals surface area contributed by atoms with E-state index in [-0.39, 0.29) is 0 Å². The lowest BCUT2D eigenvalue weighted by Crippen LogP contribution is -1.99. The van der Waals surface area contributed by atoms with Gasteiger partial charge in [0.15, 0.2) is 0 Å². The number of hydrogen-bond donors (Lipinski definition) is 0. The van der Waals surface area contributed by atoms with Crippen LogP contribution in [0, 0.1) is 11.8 Å². The molecule has 0 N–H and O–H groups in total. The van der Waals surface area contributed by atoms with Crippen LogP contribution in [0.1, 0.15) is 104 Å². The molecule has 0 aliphatic carbocycles. The highest BCUT2D eigenvalue weighted by Gasteiger charge is 2.05. The largest absolute Gasteiger partial charge is 0.103 e. The van der Waals surface area contributed by atoms with Crippen molar-refractivity contribution in [1.82, 2.24) is 0 Å². The molecule has 0 saturated carbocycles. The highest BCUT2D eigenvalue weighted by atomic mass is 14.1. The van der Waals surface area contributed by atoms with Crippen LogP contribution in [0.4, 0.5) is 0 Å². The lowest BCUT2D eigenvalue weighted by molar-refractivity contribution is 0.394. The van der Waals surface area contributed by atoms with Gasteiger partial charge in [-0.05, 0) is 24.7 Å². The van der Waals surface area contributed by atoms with Crippen LogP contribution in [0.2, 0.25) is 0 Å². The third kappa shape index (κ3) is 14.2. The summed E-state index contributed by atoms with van der Waals surface area (Å²) in [7, 11) is 0. The molecule has 2 atom stereocenters. The van der Waals surface area contributed by atoms with Gasteiger partial charge in [0.05, 0.1) is 0 Å². The molecule has 0 unspecified atom stereocenters. The Morgan fingerprint density at radius 3 is 1.80 bits per heavy atom. The summed E-state index contributed by atoms with van der Waals surface area (Å²) < 4.78 is 0. The van der Waals surface area contributed by atoms with Gasteiger partial charge in [-0.25, -0.2) is 0 Å². The van der Waals surface area contributed by atoms with Crippen molar-refractivity contribution in [3.05, 3.63) is 12.7 Å². The second-order valence-electron chi connectivity index (χ2n) is 6.92. The van der Waals surface area contributed by atoms with Crippen LogP contribution in [0.5, 0.6) is 0 Å². The Morgan fingerprint density at radius 2 is 1.20 bits per heavy atom. The second kappa shape index (κ2) is 15.1. The zero-order valence-electron chi connectivity index (χ0n) is 14.6. The quantitative estimate of drug-likeness (QED) is 0.215. The number of hydrogen-bond acceptors (Lipinski definition) is 0. The Morgan fingerprint density at radius 1 is 0.700 bits per heavy atom. The van der Waals surface area contributed by atoms with Crippen LogP contribution in [0.3, 0.4) is 0 Å². The summed E-state index contributed by atoms with van der Waals surface area (Å²) in [5.41, 5.74) is 0. The van der Waals surface area contributed by atoms with E-state index in [4.69, 9.17) is 0 Å². The fraction of sp³-hybridized carbons (Fsp3) is 0.900. The van der Waals surface area contributed by atoms with Gasteiger partial charge in [-0.2, -0.15) is 0 Å². The summed E-state index contributed by atoms with van der Waals surface area (Å²) in [4.78, 5) is 0. The van der Waals surface area contributed by atoms with Crippen molar-refractivity contribution >= 4 is 0 Å². The maximum absolute atomic E-state index is 3.78. The van der Waals surface area contributed by atoms with E-state index < -0.39 is 0 Å². The Kier molecular flexibility index (Phi) is 14.9. The Bertz CT molecular complexity index is 194. The normalized spacial score (nSPS) is 14.2. The molecule has 0 spiro atoms. The fourth-order valence-corrected chi connectivity index (χ4v) is 2.97. The average molecular weight is 281 g/mol. The maximum Gasteiger partial charge on any atom is -0.0353 e. The molecule has 0 aromatic carbocycles. The van der Waals surface area contributed by atoms with Crippen LogP contribution in [-0.4, -0.2) is 0 Å². The van der Waals surface area contributed by atoms with Crippen LogP contribution < -0.4 is 0 Å². The van der Waals surface area contributed by atoms with Gasteiger partial charge >= 0.3 is 0 Å². The van der Waals surface area contributed by atoms with Crippen molar-refractivity contribution in [1.29, 1.82) is 0 Å². The molecule has 0 fully saturated rings. The van der Waals surface area contributed by atoms with Crippen LogP contribution in [-0.2, 0) is 0 Å². The molecule has 0 rings (SSSR count). The molecule has 0 aromatic rings. The van der Waals surface area contributed by atoms with Crippen LogP contribution in [0.25, 0.3) is 0 Å². The monoisotopic (exact) mass is 280 g/mol. The van der Waals surface area contributed by atoms with Crippen molar-refractivity contribution in [2.75, 3.05) is 0 Å². The lowest BCUT2D eigenvalue weighted by atomic mass is 9.92. The van der Waals surface area contributed by atoms with Gasteiger partial charge < -0.3 is 0 Å². The van der Waals surface area contributed by atoms with E-state index >= 15 is 0 Å². The van der Waals surface area contributed by atoms with Gasteiger partial charge in [0, 0.05) is 0 Å². The maximum atomic E-state index is 3.78. The molecule has 0 radical (unpaired) electrons. The first-order valence-corrected chi connectivity index (χ1v) is 9.31. The van der Waals surface area contributed by atoms with Gasteiger partial charge in [-0.3, -0.25) is 0 Å². The average Bonchev–Trinajstić information content (AvgIpc) is 2.44. The number of rotatable bonds is 15. The van der Waals surface area contributed by atoms with E-state index in [1.807, 2.05) is 6.08 Å².